The van der Waals surface area contributed by atoms with Crippen LogP contribution < -0.4 is 14.4 Å². The van der Waals surface area contributed by atoms with E-state index in [1.807, 2.05) is 49.4 Å². The highest BCUT2D eigenvalue weighted by Crippen LogP contribution is 2.39. The van der Waals surface area contributed by atoms with E-state index in [9.17, 15) is 9.18 Å². The van der Waals surface area contributed by atoms with E-state index in [4.69, 9.17) is 31.0 Å². The molecule has 6 rings (SSSR count). The molecule has 0 unspecified atom stereocenters. The molecule has 2 atom stereocenters. The van der Waals surface area contributed by atoms with Crippen molar-refractivity contribution in [1.29, 1.82) is 0 Å². The van der Waals surface area contributed by atoms with Crippen LogP contribution in [0.25, 0.3) is 16.5 Å². The van der Waals surface area contributed by atoms with Crippen LogP contribution in [-0.4, -0.2) is 77.6 Å². The fourth-order valence-corrected chi connectivity index (χ4v) is 6.28. The molecule has 3 aliphatic rings. The predicted molar refractivity (Wildman–Crippen MR) is 158 cm³/mol. The number of rotatable bonds is 6. The highest BCUT2D eigenvalue weighted by atomic mass is 35.5. The van der Waals surface area contributed by atoms with E-state index < -0.39 is 11.7 Å². The molecule has 41 heavy (non-hydrogen) atoms. The summed E-state index contributed by atoms with van der Waals surface area (Å²) in [6.07, 6.45) is 4.77. The molecule has 214 valence electrons. The number of aromatic nitrogens is 2. The Morgan fingerprint density at radius 2 is 2.00 bits per heavy atom. The number of anilines is 1. The Balaban J connectivity index is 1.34. The minimum Gasteiger partial charge on any atom is -0.462 e. The molecular formula is C31H33ClFN5O3. The molecule has 0 saturated carbocycles. The quantitative estimate of drug-likeness (QED) is 0.371. The number of hydrogen-bond acceptors (Lipinski definition) is 7. The lowest BCUT2D eigenvalue weighted by atomic mass is 10.0. The first kappa shape index (κ1) is 27.5. The second-order valence-corrected chi connectivity index (χ2v) is 11.3. The van der Waals surface area contributed by atoms with Gasteiger partial charge in [-0.3, -0.25) is 4.79 Å². The number of carbonyl (C=O) groups excluding carboxylic acids is 1. The summed E-state index contributed by atoms with van der Waals surface area (Å²) < 4.78 is 26.2. The van der Waals surface area contributed by atoms with Gasteiger partial charge in [-0.15, -0.1) is 0 Å². The molecule has 0 radical (unpaired) electrons. The number of ether oxygens (including phenoxy) is 2. The van der Waals surface area contributed by atoms with Gasteiger partial charge in [0.1, 0.15) is 18.2 Å². The van der Waals surface area contributed by atoms with Gasteiger partial charge < -0.3 is 24.2 Å². The van der Waals surface area contributed by atoms with E-state index in [2.05, 4.69) is 23.4 Å². The van der Waals surface area contributed by atoms with E-state index in [1.54, 1.807) is 0 Å². The Morgan fingerprint density at radius 3 is 2.73 bits per heavy atom. The highest BCUT2D eigenvalue weighted by molar-refractivity contribution is 6.36. The van der Waals surface area contributed by atoms with E-state index in [0.717, 1.165) is 41.3 Å². The molecule has 8 nitrogen and oxygen atoms in total. The number of fused-ring (bicyclic) bond motifs is 2. The van der Waals surface area contributed by atoms with Crippen molar-refractivity contribution in [3.8, 4) is 11.9 Å². The highest BCUT2D eigenvalue weighted by Gasteiger charge is 2.33. The Morgan fingerprint density at radius 1 is 1.20 bits per heavy atom. The molecule has 10 heteroatoms. The average molecular weight is 578 g/mol. The molecule has 0 bridgehead atoms. The molecule has 0 N–H and O–H groups in total. The van der Waals surface area contributed by atoms with Crippen molar-refractivity contribution in [3.05, 3.63) is 71.0 Å². The van der Waals surface area contributed by atoms with Crippen LogP contribution in [0.4, 0.5) is 10.2 Å². The summed E-state index contributed by atoms with van der Waals surface area (Å²) in [6, 6.07) is 12.3. The van der Waals surface area contributed by atoms with Crippen molar-refractivity contribution < 1.29 is 18.7 Å². The molecular weight excluding hydrogens is 545 g/mol. The number of carbonyl (C=O) groups is 1. The van der Waals surface area contributed by atoms with Crippen LogP contribution in [-0.2, 0) is 11.2 Å². The molecule has 1 amide bonds. The largest absolute Gasteiger partial charge is 0.462 e. The SMILES string of the molecule is C=C(F)C(=O)N1CCN(c2nc(OC[C@@H]3CCCN3C)nc3c2CC=C(c2cccc4cccc(Cl)c24)O3)[C@@H](C)C1. The van der Waals surface area contributed by atoms with Crippen LogP contribution in [0, 0.1) is 0 Å². The molecule has 2 fully saturated rings. The lowest BCUT2D eigenvalue weighted by Gasteiger charge is -2.41. The zero-order valence-electron chi connectivity index (χ0n) is 23.3. The van der Waals surface area contributed by atoms with E-state index in [-0.39, 0.29) is 12.1 Å². The molecule has 4 heterocycles. The molecule has 1 aromatic heterocycles. The van der Waals surface area contributed by atoms with E-state index in [0.29, 0.717) is 61.2 Å². The third-order valence-corrected chi connectivity index (χ3v) is 8.55. The van der Waals surface area contributed by atoms with Gasteiger partial charge in [-0.05, 0) is 50.9 Å². The van der Waals surface area contributed by atoms with Crippen LogP contribution in [0.5, 0.6) is 11.9 Å². The smallest absolute Gasteiger partial charge is 0.321 e. The van der Waals surface area contributed by atoms with Crippen molar-refractivity contribution in [1.82, 2.24) is 19.8 Å². The molecule has 0 spiro atoms. The third-order valence-electron chi connectivity index (χ3n) is 8.24. The van der Waals surface area contributed by atoms with Crippen molar-refractivity contribution in [2.75, 3.05) is 44.7 Å². The average Bonchev–Trinajstić information content (AvgIpc) is 3.39. The standard InChI is InChI=1S/C31H33ClFN5O3/c1-19-17-37(30(39)20(2)33)15-16-38(19)28-24-12-13-26(23-10-4-7-21-8-5-11-25(32)27(21)23)41-29(24)35-31(34-28)40-18-22-9-6-14-36(22)3/h4-5,7-8,10-11,13,19,22H,2,6,9,12,14-18H2,1,3H3/t19-,22-/m0/s1. The van der Waals surface area contributed by atoms with Gasteiger partial charge in [0.05, 0.1) is 5.56 Å². The Labute approximate surface area is 244 Å². The molecule has 2 aromatic carbocycles. The summed E-state index contributed by atoms with van der Waals surface area (Å²) in [4.78, 5) is 27.7. The van der Waals surface area contributed by atoms with E-state index in [1.165, 1.54) is 4.90 Å². The number of hydrogen-bond donors (Lipinski definition) is 0. The van der Waals surface area contributed by atoms with Crippen molar-refractivity contribution >= 4 is 39.9 Å². The molecule has 3 aliphatic heterocycles. The Bertz CT molecular complexity index is 1540. The maximum Gasteiger partial charge on any atom is 0.321 e. The van der Waals surface area contributed by atoms with Crippen LogP contribution in [0.1, 0.15) is 30.9 Å². The number of benzene rings is 2. The summed E-state index contributed by atoms with van der Waals surface area (Å²) in [5.41, 5.74) is 1.73. The van der Waals surface area contributed by atoms with Crippen LogP contribution in [0.2, 0.25) is 5.02 Å². The minimum absolute atomic E-state index is 0.123. The number of likely N-dealkylation sites (tertiary alicyclic amines) is 1. The predicted octanol–water partition coefficient (Wildman–Crippen LogP) is 5.25. The normalized spacial score (nSPS) is 20.9. The summed E-state index contributed by atoms with van der Waals surface area (Å²) >= 11 is 6.62. The van der Waals surface area contributed by atoms with Crippen molar-refractivity contribution in [2.24, 2.45) is 0 Å². The number of amides is 1. The van der Waals surface area contributed by atoms with Gasteiger partial charge in [0.25, 0.3) is 5.91 Å². The van der Waals surface area contributed by atoms with Crippen LogP contribution in [0.3, 0.4) is 0 Å². The number of nitrogens with zero attached hydrogens (tertiary/aromatic N) is 5. The van der Waals surface area contributed by atoms with Crippen LogP contribution >= 0.6 is 11.6 Å². The van der Waals surface area contributed by atoms with Gasteiger partial charge in [0, 0.05) is 54.1 Å². The Hall–Kier alpha value is -3.69. The van der Waals surface area contributed by atoms with Gasteiger partial charge in [-0.25, -0.2) is 4.39 Å². The first-order chi connectivity index (χ1) is 19.8. The summed E-state index contributed by atoms with van der Waals surface area (Å²) in [7, 11) is 2.10. The maximum atomic E-state index is 13.6. The first-order valence-corrected chi connectivity index (χ1v) is 14.4. The molecule has 0 aliphatic carbocycles. The number of piperazine rings is 1. The van der Waals surface area contributed by atoms with Crippen LogP contribution in [0.15, 0.2) is 54.9 Å². The molecule has 2 saturated heterocycles. The topological polar surface area (TPSA) is 71.0 Å². The monoisotopic (exact) mass is 577 g/mol. The Kier molecular flexibility index (Phi) is 7.57. The van der Waals surface area contributed by atoms with Crippen molar-refractivity contribution in [2.45, 2.75) is 38.3 Å². The lowest BCUT2D eigenvalue weighted by Crippen LogP contribution is -2.54. The fraction of sp³-hybridized carbons (Fsp3) is 0.387. The second kappa shape index (κ2) is 11.3. The van der Waals surface area contributed by atoms with Gasteiger partial charge >= 0.3 is 6.01 Å². The molecule has 3 aromatic rings. The van der Waals surface area contributed by atoms with E-state index >= 15 is 0 Å². The van der Waals surface area contributed by atoms with Gasteiger partial charge in [-0.1, -0.05) is 48.5 Å². The zero-order chi connectivity index (χ0) is 28.7. The van der Waals surface area contributed by atoms with Crippen molar-refractivity contribution in [3.63, 3.8) is 0 Å². The summed E-state index contributed by atoms with van der Waals surface area (Å²) in [6.45, 7) is 7.86. The summed E-state index contributed by atoms with van der Waals surface area (Å²) in [5, 5.41) is 2.60. The lowest BCUT2D eigenvalue weighted by molar-refractivity contribution is -0.129. The fourth-order valence-electron chi connectivity index (χ4n) is 5.99. The number of halogens is 2. The first-order valence-electron chi connectivity index (χ1n) is 14.0. The minimum atomic E-state index is -0.947. The number of likely N-dealkylation sites (N-methyl/N-ethyl adjacent to an activating group) is 1. The maximum absolute atomic E-state index is 13.6. The van der Waals surface area contributed by atoms with Gasteiger partial charge in [-0.2, -0.15) is 9.97 Å². The zero-order valence-corrected chi connectivity index (χ0v) is 24.0. The van der Waals surface area contributed by atoms with Gasteiger partial charge in [0.15, 0.2) is 5.83 Å². The summed E-state index contributed by atoms with van der Waals surface area (Å²) in [5.74, 6) is 0.198. The third kappa shape index (κ3) is 5.36. The van der Waals surface area contributed by atoms with Gasteiger partial charge in [0.2, 0.25) is 5.88 Å². The second-order valence-electron chi connectivity index (χ2n) is 10.9. The number of allylic oxidation sites excluding steroid dienone is 1.